The summed E-state index contributed by atoms with van der Waals surface area (Å²) in [5.74, 6) is 1.08. The van der Waals surface area contributed by atoms with Crippen molar-refractivity contribution in [3.05, 3.63) is 52.2 Å². The van der Waals surface area contributed by atoms with Crippen molar-refractivity contribution >= 4 is 28.3 Å². The predicted octanol–water partition coefficient (Wildman–Crippen LogP) is 2.58. The van der Waals surface area contributed by atoms with E-state index in [1.807, 2.05) is 29.2 Å². The molecule has 3 aromatic rings. The van der Waals surface area contributed by atoms with Gasteiger partial charge in [-0.3, -0.25) is 9.59 Å². The number of nitrogens with one attached hydrogen (secondary N) is 1. The lowest BCUT2D eigenvalue weighted by Gasteiger charge is -2.29. The Morgan fingerprint density at radius 2 is 1.93 bits per heavy atom. The van der Waals surface area contributed by atoms with Crippen molar-refractivity contribution in [1.82, 2.24) is 19.4 Å². The van der Waals surface area contributed by atoms with Crippen molar-refractivity contribution in [3.8, 4) is 0 Å². The SMILES string of the molecule is Cn1cnc2cc(N3CCCc4cc(C(=O)N5CCCC5)[nH]c43)ccc2c1=O. The van der Waals surface area contributed by atoms with Crippen LogP contribution in [0.5, 0.6) is 0 Å². The highest BCUT2D eigenvalue weighted by molar-refractivity contribution is 5.94. The van der Waals surface area contributed by atoms with E-state index in [4.69, 9.17) is 0 Å². The molecule has 0 saturated carbocycles. The first-order valence-electron chi connectivity index (χ1n) is 9.86. The third kappa shape index (κ3) is 2.69. The van der Waals surface area contributed by atoms with Gasteiger partial charge in [0.15, 0.2) is 0 Å². The lowest BCUT2D eigenvalue weighted by molar-refractivity contribution is 0.0788. The predicted molar refractivity (Wildman–Crippen MR) is 108 cm³/mol. The van der Waals surface area contributed by atoms with Crippen LogP contribution in [0.1, 0.15) is 35.3 Å². The maximum atomic E-state index is 12.8. The average Bonchev–Trinajstić information content (AvgIpc) is 3.39. The Balaban J connectivity index is 1.53. The number of likely N-dealkylation sites (tertiary alicyclic amines) is 1. The van der Waals surface area contributed by atoms with E-state index in [-0.39, 0.29) is 11.5 Å². The highest BCUT2D eigenvalue weighted by Crippen LogP contribution is 2.34. The molecule has 0 radical (unpaired) electrons. The summed E-state index contributed by atoms with van der Waals surface area (Å²) >= 11 is 0. The molecule has 1 saturated heterocycles. The molecular formula is C21H23N5O2. The number of aryl methyl sites for hydroxylation is 2. The highest BCUT2D eigenvalue weighted by atomic mass is 16.2. The monoisotopic (exact) mass is 377 g/mol. The van der Waals surface area contributed by atoms with Crippen molar-refractivity contribution < 1.29 is 4.79 Å². The van der Waals surface area contributed by atoms with Crippen LogP contribution in [-0.4, -0.2) is 45.0 Å². The fraction of sp³-hybridized carbons (Fsp3) is 0.381. The quantitative estimate of drug-likeness (QED) is 0.745. The molecule has 144 valence electrons. The number of carbonyl (C=O) groups is 1. The number of H-pyrrole nitrogens is 1. The molecule has 28 heavy (non-hydrogen) atoms. The molecule has 0 spiro atoms. The van der Waals surface area contributed by atoms with Gasteiger partial charge >= 0.3 is 0 Å². The van der Waals surface area contributed by atoms with E-state index in [1.165, 1.54) is 10.1 Å². The van der Waals surface area contributed by atoms with E-state index < -0.39 is 0 Å². The molecule has 0 aliphatic carbocycles. The number of carbonyl (C=O) groups excluding carboxylic acids is 1. The molecule has 1 N–H and O–H groups in total. The highest BCUT2D eigenvalue weighted by Gasteiger charge is 2.26. The van der Waals surface area contributed by atoms with E-state index >= 15 is 0 Å². The van der Waals surface area contributed by atoms with Gasteiger partial charge in [-0.05, 0) is 55.5 Å². The number of amides is 1. The van der Waals surface area contributed by atoms with Crippen LogP contribution in [0.4, 0.5) is 11.5 Å². The number of aromatic amines is 1. The zero-order valence-corrected chi connectivity index (χ0v) is 15.9. The molecule has 7 nitrogen and oxygen atoms in total. The lowest BCUT2D eigenvalue weighted by Crippen LogP contribution is -2.28. The summed E-state index contributed by atoms with van der Waals surface area (Å²) in [6, 6.07) is 7.77. The molecule has 5 rings (SSSR count). The number of benzene rings is 1. The number of rotatable bonds is 2. The molecule has 4 heterocycles. The molecule has 0 bridgehead atoms. The average molecular weight is 377 g/mol. The van der Waals surface area contributed by atoms with E-state index in [0.717, 1.165) is 56.8 Å². The first kappa shape index (κ1) is 17.0. The minimum absolute atomic E-state index is 0.0470. The second kappa shape index (κ2) is 6.51. The fourth-order valence-corrected chi connectivity index (χ4v) is 4.29. The molecule has 0 atom stereocenters. The first-order valence-corrected chi connectivity index (χ1v) is 9.86. The van der Waals surface area contributed by atoms with Crippen molar-refractivity contribution in [2.45, 2.75) is 25.7 Å². The van der Waals surface area contributed by atoms with Crippen LogP contribution in [-0.2, 0) is 13.5 Å². The van der Waals surface area contributed by atoms with E-state index in [2.05, 4.69) is 14.9 Å². The molecule has 0 unspecified atom stereocenters. The van der Waals surface area contributed by atoms with E-state index in [0.29, 0.717) is 16.6 Å². The van der Waals surface area contributed by atoms with Gasteiger partial charge < -0.3 is 19.4 Å². The summed E-state index contributed by atoms with van der Waals surface area (Å²) in [4.78, 5) is 37.0. The molecule has 2 aliphatic heterocycles. The van der Waals surface area contributed by atoms with Gasteiger partial charge in [0.2, 0.25) is 0 Å². The Hall–Kier alpha value is -3.09. The topological polar surface area (TPSA) is 74.2 Å². The van der Waals surface area contributed by atoms with Crippen LogP contribution >= 0.6 is 0 Å². The fourth-order valence-electron chi connectivity index (χ4n) is 4.29. The third-order valence-electron chi connectivity index (χ3n) is 5.81. The Morgan fingerprint density at radius 3 is 2.75 bits per heavy atom. The zero-order chi connectivity index (χ0) is 19.3. The Kier molecular flexibility index (Phi) is 3.96. The number of hydrogen-bond acceptors (Lipinski definition) is 4. The van der Waals surface area contributed by atoms with E-state index in [1.54, 1.807) is 13.4 Å². The van der Waals surface area contributed by atoms with Crippen LogP contribution in [0.25, 0.3) is 10.9 Å². The summed E-state index contributed by atoms with van der Waals surface area (Å²) < 4.78 is 1.49. The van der Waals surface area contributed by atoms with Gasteiger partial charge in [0.25, 0.3) is 11.5 Å². The minimum atomic E-state index is -0.0470. The summed E-state index contributed by atoms with van der Waals surface area (Å²) in [5.41, 5.74) is 3.47. The summed E-state index contributed by atoms with van der Waals surface area (Å²) in [6.45, 7) is 2.55. The molecule has 2 aromatic heterocycles. The number of aromatic nitrogens is 3. The lowest BCUT2D eigenvalue weighted by atomic mass is 10.1. The molecule has 1 fully saturated rings. The van der Waals surface area contributed by atoms with Crippen LogP contribution in [0.3, 0.4) is 0 Å². The normalized spacial score (nSPS) is 16.6. The molecule has 1 aromatic carbocycles. The second-order valence-electron chi connectivity index (χ2n) is 7.67. The van der Waals surface area contributed by atoms with Crippen LogP contribution in [0.2, 0.25) is 0 Å². The molecule has 2 aliphatic rings. The third-order valence-corrected chi connectivity index (χ3v) is 5.81. The summed E-state index contributed by atoms with van der Waals surface area (Å²) in [7, 11) is 1.71. The van der Waals surface area contributed by atoms with Gasteiger partial charge in [-0.2, -0.15) is 0 Å². The van der Waals surface area contributed by atoms with Crippen LogP contribution < -0.4 is 10.5 Å². The molecule has 1 amide bonds. The van der Waals surface area contributed by atoms with Gasteiger partial charge in [-0.15, -0.1) is 0 Å². The maximum absolute atomic E-state index is 12.8. The van der Waals surface area contributed by atoms with Crippen LogP contribution in [0, 0.1) is 0 Å². The maximum Gasteiger partial charge on any atom is 0.270 e. The van der Waals surface area contributed by atoms with Crippen molar-refractivity contribution in [1.29, 1.82) is 0 Å². The van der Waals surface area contributed by atoms with E-state index in [9.17, 15) is 9.59 Å². The Morgan fingerprint density at radius 1 is 1.11 bits per heavy atom. The van der Waals surface area contributed by atoms with Gasteiger partial charge in [-0.25, -0.2) is 4.98 Å². The van der Waals surface area contributed by atoms with Gasteiger partial charge in [0, 0.05) is 32.4 Å². The smallest absolute Gasteiger partial charge is 0.270 e. The number of nitrogens with zero attached hydrogens (tertiary/aromatic N) is 4. The van der Waals surface area contributed by atoms with Crippen molar-refractivity contribution in [3.63, 3.8) is 0 Å². The first-order chi connectivity index (χ1) is 13.6. The second-order valence-corrected chi connectivity index (χ2v) is 7.67. The van der Waals surface area contributed by atoms with Crippen molar-refractivity contribution in [2.24, 2.45) is 7.05 Å². The van der Waals surface area contributed by atoms with Gasteiger partial charge in [0.1, 0.15) is 11.5 Å². The number of hydrogen-bond donors (Lipinski definition) is 1. The largest absolute Gasteiger partial charge is 0.337 e. The number of anilines is 2. The molecule has 7 heteroatoms. The standard InChI is InChI=1S/C21H23N5O2/c1-24-13-22-17-12-15(6-7-16(17)20(24)27)26-10-4-5-14-11-18(23-19(14)26)21(28)25-8-2-3-9-25/h6-7,11-13,23H,2-5,8-10H2,1H3. The number of fused-ring (bicyclic) bond motifs is 2. The van der Waals surface area contributed by atoms with Gasteiger partial charge in [-0.1, -0.05) is 0 Å². The van der Waals surface area contributed by atoms with Crippen LogP contribution in [0.15, 0.2) is 35.4 Å². The minimum Gasteiger partial charge on any atom is -0.337 e. The summed E-state index contributed by atoms with van der Waals surface area (Å²) in [6.07, 6.45) is 5.70. The molecular weight excluding hydrogens is 354 g/mol. The summed E-state index contributed by atoms with van der Waals surface area (Å²) in [5, 5.41) is 0.613. The Bertz CT molecular complexity index is 1120. The Labute approximate surface area is 162 Å². The zero-order valence-electron chi connectivity index (χ0n) is 15.9. The van der Waals surface area contributed by atoms with Gasteiger partial charge in [0.05, 0.1) is 17.2 Å². The van der Waals surface area contributed by atoms with Crippen molar-refractivity contribution in [2.75, 3.05) is 24.5 Å².